The van der Waals surface area contributed by atoms with Gasteiger partial charge in [-0.2, -0.15) is 0 Å². The largest absolute Gasteiger partial charge is 0.299 e. The Bertz CT molecular complexity index is 918. The van der Waals surface area contributed by atoms with E-state index in [1.165, 1.54) is 34.2 Å². The first-order chi connectivity index (χ1) is 14.1. The van der Waals surface area contributed by atoms with Crippen LogP contribution < -0.4 is 0 Å². The second-order valence-electron chi connectivity index (χ2n) is 7.72. The van der Waals surface area contributed by atoms with Crippen LogP contribution in [0.1, 0.15) is 48.5 Å². The molecule has 0 aliphatic rings. The molecule has 0 saturated carbocycles. The lowest BCUT2D eigenvalue weighted by Gasteiger charge is -2.20. The topological polar surface area (TPSA) is 29.0 Å². The van der Waals surface area contributed by atoms with Gasteiger partial charge in [-0.05, 0) is 62.0 Å². The molecule has 1 heterocycles. The highest BCUT2D eigenvalue weighted by atomic mass is 15.1. The van der Waals surface area contributed by atoms with Crippen molar-refractivity contribution < 1.29 is 0 Å². The molecule has 0 aliphatic heterocycles. The molecule has 0 aliphatic carbocycles. The minimum absolute atomic E-state index is 0.868. The highest BCUT2D eigenvalue weighted by molar-refractivity contribution is 5.68. The summed E-state index contributed by atoms with van der Waals surface area (Å²) >= 11 is 0. The Kier molecular flexibility index (Phi) is 7.54. The third kappa shape index (κ3) is 5.51. The first kappa shape index (κ1) is 21.2. The van der Waals surface area contributed by atoms with Crippen LogP contribution in [0.3, 0.4) is 0 Å². The predicted octanol–water partition coefficient (Wildman–Crippen LogP) is 5.78. The van der Waals surface area contributed by atoms with Crippen molar-refractivity contribution in [3.8, 4) is 11.1 Å². The van der Waals surface area contributed by atoms with Crippen molar-refractivity contribution in [2.24, 2.45) is 0 Å². The average Bonchev–Trinajstić information content (AvgIpc) is 2.75. The van der Waals surface area contributed by atoms with E-state index in [9.17, 15) is 0 Å². The Labute approximate surface area is 175 Å². The van der Waals surface area contributed by atoms with Crippen LogP contribution in [0.4, 0.5) is 0 Å². The summed E-state index contributed by atoms with van der Waals surface area (Å²) in [7, 11) is 0. The lowest BCUT2D eigenvalue weighted by atomic mass is 9.94. The molecule has 0 fully saturated rings. The van der Waals surface area contributed by atoms with E-state index in [0.29, 0.717) is 0 Å². The van der Waals surface area contributed by atoms with Crippen LogP contribution in [0.25, 0.3) is 11.1 Å². The van der Waals surface area contributed by atoms with Crippen molar-refractivity contribution in [2.45, 2.75) is 53.5 Å². The summed E-state index contributed by atoms with van der Waals surface area (Å²) in [4.78, 5) is 11.9. The summed E-state index contributed by atoms with van der Waals surface area (Å²) in [6.07, 6.45) is 5.03. The molecule has 2 aromatic carbocycles. The molecule has 0 saturated heterocycles. The van der Waals surface area contributed by atoms with Crippen LogP contribution in [-0.4, -0.2) is 28.0 Å². The standard InChI is InChI=1S/C26H33N3/c1-5-17-29(6-2)19-24-18-27-26(28-21(24)4)16-15-22-13-10-14-25(20(22)3)23-11-8-7-9-12-23/h7-14,18H,5-6,15-17,19H2,1-4H3. The second-order valence-corrected chi connectivity index (χ2v) is 7.72. The molecule has 0 spiro atoms. The van der Waals surface area contributed by atoms with Crippen molar-refractivity contribution in [3.63, 3.8) is 0 Å². The fourth-order valence-electron chi connectivity index (χ4n) is 3.85. The number of rotatable bonds is 9. The van der Waals surface area contributed by atoms with Crippen molar-refractivity contribution >= 4 is 0 Å². The molecule has 3 heteroatoms. The summed E-state index contributed by atoms with van der Waals surface area (Å²) in [6, 6.07) is 17.2. The van der Waals surface area contributed by atoms with E-state index in [2.05, 4.69) is 86.1 Å². The van der Waals surface area contributed by atoms with Gasteiger partial charge in [0.25, 0.3) is 0 Å². The number of benzene rings is 2. The second kappa shape index (κ2) is 10.3. The van der Waals surface area contributed by atoms with E-state index in [-0.39, 0.29) is 0 Å². The van der Waals surface area contributed by atoms with Crippen LogP contribution in [0.5, 0.6) is 0 Å². The van der Waals surface area contributed by atoms with Crippen LogP contribution in [-0.2, 0) is 19.4 Å². The maximum absolute atomic E-state index is 4.81. The van der Waals surface area contributed by atoms with Gasteiger partial charge in [-0.1, -0.05) is 62.4 Å². The van der Waals surface area contributed by atoms with Crippen molar-refractivity contribution in [1.29, 1.82) is 0 Å². The van der Waals surface area contributed by atoms with Gasteiger partial charge < -0.3 is 0 Å². The van der Waals surface area contributed by atoms with Gasteiger partial charge in [0.15, 0.2) is 0 Å². The Morgan fingerprint density at radius 3 is 2.34 bits per heavy atom. The van der Waals surface area contributed by atoms with Gasteiger partial charge >= 0.3 is 0 Å². The summed E-state index contributed by atoms with van der Waals surface area (Å²) in [5, 5.41) is 0. The van der Waals surface area contributed by atoms with E-state index in [4.69, 9.17) is 4.98 Å². The maximum atomic E-state index is 4.81. The van der Waals surface area contributed by atoms with Gasteiger partial charge in [0, 0.05) is 30.4 Å². The van der Waals surface area contributed by atoms with Crippen molar-refractivity contribution in [2.75, 3.05) is 13.1 Å². The molecule has 3 aromatic rings. The Hall–Kier alpha value is -2.52. The first-order valence-corrected chi connectivity index (χ1v) is 10.8. The van der Waals surface area contributed by atoms with Crippen LogP contribution in [0.2, 0.25) is 0 Å². The summed E-state index contributed by atoms with van der Waals surface area (Å²) in [5.74, 6) is 0.939. The monoisotopic (exact) mass is 387 g/mol. The fraction of sp³-hybridized carbons (Fsp3) is 0.385. The average molecular weight is 388 g/mol. The highest BCUT2D eigenvalue weighted by Crippen LogP contribution is 2.26. The quantitative estimate of drug-likeness (QED) is 0.466. The van der Waals surface area contributed by atoms with Crippen molar-refractivity contribution in [3.05, 3.63) is 82.9 Å². The van der Waals surface area contributed by atoms with Crippen LogP contribution in [0, 0.1) is 13.8 Å². The lowest BCUT2D eigenvalue weighted by molar-refractivity contribution is 0.279. The summed E-state index contributed by atoms with van der Waals surface area (Å²) in [6.45, 7) is 11.9. The molecular formula is C26H33N3. The third-order valence-corrected chi connectivity index (χ3v) is 5.66. The molecule has 0 atom stereocenters. The molecular weight excluding hydrogens is 354 g/mol. The molecule has 0 bridgehead atoms. The van der Waals surface area contributed by atoms with E-state index in [1.807, 2.05) is 6.20 Å². The highest BCUT2D eigenvalue weighted by Gasteiger charge is 2.10. The maximum Gasteiger partial charge on any atom is 0.128 e. The molecule has 152 valence electrons. The van der Waals surface area contributed by atoms with Crippen LogP contribution in [0.15, 0.2) is 54.7 Å². The van der Waals surface area contributed by atoms with Crippen molar-refractivity contribution in [1.82, 2.24) is 14.9 Å². The smallest absolute Gasteiger partial charge is 0.128 e. The van der Waals surface area contributed by atoms with E-state index in [1.54, 1.807) is 0 Å². The molecule has 0 amide bonds. The predicted molar refractivity (Wildman–Crippen MR) is 122 cm³/mol. The molecule has 1 aromatic heterocycles. The Balaban J connectivity index is 1.70. The zero-order valence-corrected chi connectivity index (χ0v) is 18.3. The normalized spacial score (nSPS) is 11.2. The third-order valence-electron chi connectivity index (χ3n) is 5.66. The first-order valence-electron chi connectivity index (χ1n) is 10.8. The fourth-order valence-corrected chi connectivity index (χ4v) is 3.85. The Morgan fingerprint density at radius 2 is 1.66 bits per heavy atom. The van der Waals surface area contributed by atoms with Gasteiger partial charge in [0.1, 0.15) is 5.82 Å². The molecule has 0 unspecified atom stereocenters. The van der Waals surface area contributed by atoms with Gasteiger partial charge in [0.2, 0.25) is 0 Å². The number of aryl methyl sites for hydroxylation is 3. The zero-order valence-electron chi connectivity index (χ0n) is 18.3. The Morgan fingerprint density at radius 1 is 0.862 bits per heavy atom. The minimum Gasteiger partial charge on any atom is -0.299 e. The number of aromatic nitrogens is 2. The summed E-state index contributed by atoms with van der Waals surface area (Å²) in [5.41, 5.74) is 7.66. The lowest BCUT2D eigenvalue weighted by Crippen LogP contribution is -2.24. The van der Waals surface area contributed by atoms with Crippen LogP contribution >= 0.6 is 0 Å². The zero-order chi connectivity index (χ0) is 20.6. The van der Waals surface area contributed by atoms with Gasteiger partial charge in [0.05, 0.1) is 0 Å². The summed E-state index contributed by atoms with van der Waals surface area (Å²) < 4.78 is 0. The minimum atomic E-state index is 0.868. The van der Waals surface area contributed by atoms with E-state index >= 15 is 0 Å². The van der Waals surface area contributed by atoms with Gasteiger partial charge in [-0.25, -0.2) is 9.97 Å². The van der Waals surface area contributed by atoms with E-state index < -0.39 is 0 Å². The number of hydrogen-bond donors (Lipinski definition) is 0. The molecule has 0 N–H and O–H groups in total. The molecule has 0 radical (unpaired) electrons. The molecule has 29 heavy (non-hydrogen) atoms. The number of hydrogen-bond acceptors (Lipinski definition) is 3. The number of nitrogens with zero attached hydrogens (tertiary/aromatic N) is 3. The van der Waals surface area contributed by atoms with Gasteiger partial charge in [-0.3, -0.25) is 4.90 Å². The van der Waals surface area contributed by atoms with E-state index in [0.717, 1.165) is 44.0 Å². The SMILES string of the molecule is CCCN(CC)Cc1cnc(CCc2cccc(-c3ccccc3)c2C)nc1C. The molecule has 3 rings (SSSR count). The molecule has 3 nitrogen and oxygen atoms in total. The van der Waals surface area contributed by atoms with Gasteiger partial charge in [-0.15, -0.1) is 0 Å².